The van der Waals surface area contributed by atoms with Gasteiger partial charge in [-0.1, -0.05) is 23.2 Å². The number of nitrogens with zero attached hydrogens (tertiary/aromatic N) is 1. The fraction of sp³-hybridized carbons (Fsp3) is 0.100. The maximum Gasteiger partial charge on any atom is 0.434 e. The molecule has 0 saturated heterocycles. The number of hydrogen-bond acceptors (Lipinski definition) is 4. The van der Waals surface area contributed by atoms with Crippen LogP contribution in [0, 0.1) is 0 Å². The van der Waals surface area contributed by atoms with Gasteiger partial charge >= 0.3 is 6.18 Å². The van der Waals surface area contributed by atoms with E-state index >= 15 is 0 Å². The molecule has 22 heavy (non-hydrogen) atoms. The van der Waals surface area contributed by atoms with Crippen LogP contribution in [0.1, 0.15) is 5.69 Å². The van der Waals surface area contributed by atoms with Gasteiger partial charge in [-0.3, -0.25) is 5.10 Å². The van der Waals surface area contributed by atoms with Crippen molar-refractivity contribution in [3.63, 3.8) is 0 Å². The average Bonchev–Trinajstić information content (AvgIpc) is 2.87. The number of anilines is 1. The van der Waals surface area contributed by atoms with Gasteiger partial charge in [0.15, 0.2) is 5.69 Å². The van der Waals surface area contributed by atoms with Crippen LogP contribution in [-0.4, -0.2) is 18.6 Å². The van der Waals surface area contributed by atoms with E-state index in [1.54, 1.807) is 9.93 Å². The van der Waals surface area contributed by atoms with Crippen LogP contribution >= 0.6 is 23.2 Å². The van der Waals surface area contributed by atoms with Crippen molar-refractivity contribution in [2.24, 2.45) is 0 Å². The lowest BCUT2D eigenvalue weighted by molar-refractivity contribution is -0.143. The molecule has 0 unspecified atom stereocenters. The summed E-state index contributed by atoms with van der Waals surface area (Å²) >= 11 is 11.5. The van der Waals surface area contributed by atoms with E-state index in [0.29, 0.717) is 11.2 Å². The Balaban J connectivity index is 2.24. The normalized spacial score (nSPS) is 12.4. The number of benzene rings is 1. The predicted octanol–water partition coefficient (Wildman–Crippen LogP) is 3.04. The van der Waals surface area contributed by atoms with E-state index < -0.39 is 26.8 Å². The summed E-state index contributed by atoms with van der Waals surface area (Å²) in [7, 11) is -4.52. The fourth-order valence-electron chi connectivity index (χ4n) is 1.45. The van der Waals surface area contributed by atoms with Crippen LogP contribution in [-0.2, 0) is 16.2 Å². The molecular formula is C10H7Cl2F3N4O2S. The summed E-state index contributed by atoms with van der Waals surface area (Å²) in [4.78, 5) is 0.741. The molecule has 1 aromatic carbocycles. The number of sulfonamides is 1. The first-order valence-corrected chi connectivity index (χ1v) is 7.68. The summed E-state index contributed by atoms with van der Waals surface area (Å²) in [5.41, 5.74) is 0.845. The molecular weight excluding hydrogens is 368 g/mol. The molecule has 0 aliphatic carbocycles. The van der Waals surface area contributed by atoms with Gasteiger partial charge in [-0.2, -0.15) is 18.3 Å². The highest BCUT2D eigenvalue weighted by Gasteiger charge is 2.39. The number of nitrogens with one attached hydrogen (secondary N) is 3. The van der Waals surface area contributed by atoms with Crippen LogP contribution in [0.5, 0.6) is 0 Å². The van der Waals surface area contributed by atoms with Crippen molar-refractivity contribution < 1.29 is 21.6 Å². The van der Waals surface area contributed by atoms with Gasteiger partial charge in [0.1, 0.15) is 4.90 Å². The van der Waals surface area contributed by atoms with Gasteiger partial charge in [0.25, 0.3) is 10.0 Å². The largest absolute Gasteiger partial charge is 0.434 e. The molecule has 0 spiro atoms. The predicted molar refractivity (Wildman–Crippen MR) is 74.0 cm³/mol. The third-order valence-electron chi connectivity index (χ3n) is 2.43. The first-order valence-electron chi connectivity index (χ1n) is 5.45. The molecule has 0 amide bonds. The summed E-state index contributed by atoms with van der Waals surface area (Å²) in [6.07, 6.45) is -4.34. The molecule has 0 saturated carbocycles. The topological polar surface area (TPSA) is 86.9 Å². The van der Waals surface area contributed by atoms with E-state index in [1.165, 1.54) is 18.2 Å². The average molecular weight is 375 g/mol. The molecule has 0 atom stereocenters. The lowest BCUT2D eigenvalue weighted by Crippen LogP contribution is -2.31. The maximum absolute atomic E-state index is 12.7. The Labute approximate surface area is 132 Å². The van der Waals surface area contributed by atoms with Gasteiger partial charge in [-0.25, -0.2) is 8.42 Å². The lowest BCUT2D eigenvalue weighted by atomic mass is 10.3. The minimum atomic E-state index is -4.89. The van der Waals surface area contributed by atoms with E-state index in [4.69, 9.17) is 23.2 Å². The van der Waals surface area contributed by atoms with E-state index in [1.807, 2.05) is 0 Å². The van der Waals surface area contributed by atoms with Crippen LogP contribution in [0.4, 0.5) is 18.9 Å². The molecule has 0 fully saturated rings. The lowest BCUT2D eigenvalue weighted by Gasteiger charge is -2.12. The number of halogens is 5. The molecule has 0 aliphatic heterocycles. The molecule has 1 heterocycles. The van der Waals surface area contributed by atoms with Crippen molar-refractivity contribution in [3.8, 4) is 0 Å². The number of hydrazine groups is 1. The zero-order valence-corrected chi connectivity index (χ0v) is 12.7. The Bertz CT molecular complexity index is 792. The highest BCUT2D eigenvalue weighted by Crippen LogP contribution is 2.32. The van der Waals surface area contributed by atoms with Gasteiger partial charge in [-0.05, 0) is 18.2 Å². The van der Waals surface area contributed by atoms with Crippen LogP contribution < -0.4 is 10.3 Å². The third kappa shape index (κ3) is 3.64. The molecule has 0 bridgehead atoms. The maximum atomic E-state index is 12.7. The number of aromatic amines is 1. The zero-order chi connectivity index (χ0) is 16.5. The molecule has 0 radical (unpaired) electrons. The smallest absolute Gasteiger partial charge is 0.306 e. The van der Waals surface area contributed by atoms with Crippen LogP contribution in [0.25, 0.3) is 0 Å². The number of rotatable bonds is 4. The molecule has 2 aromatic rings. The molecule has 2 rings (SSSR count). The highest BCUT2D eigenvalue weighted by molar-refractivity contribution is 7.89. The number of alkyl halides is 3. The quantitative estimate of drug-likeness (QED) is 0.717. The second-order valence-corrected chi connectivity index (χ2v) is 6.46. The Kier molecular flexibility index (Phi) is 4.57. The van der Waals surface area contributed by atoms with E-state index in [9.17, 15) is 21.6 Å². The first kappa shape index (κ1) is 16.9. The summed E-state index contributed by atoms with van der Waals surface area (Å²) in [5, 5.41) is 5.10. The van der Waals surface area contributed by atoms with E-state index in [-0.39, 0.29) is 10.7 Å². The second-order valence-electron chi connectivity index (χ2n) is 3.96. The van der Waals surface area contributed by atoms with Crippen molar-refractivity contribution in [1.82, 2.24) is 15.0 Å². The monoisotopic (exact) mass is 374 g/mol. The van der Waals surface area contributed by atoms with E-state index in [2.05, 4.69) is 10.5 Å². The minimum Gasteiger partial charge on any atom is -0.306 e. The van der Waals surface area contributed by atoms with E-state index in [0.717, 1.165) is 0 Å². The van der Waals surface area contributed by atoms with Gasteiger partial charge in [-0.15, -0.1) is 4.83 Å². The fourth-order valence-corrected chi connectivity index (χ4v) is 2.88. The second kappa shape index (κ2) is 5.95. The van der Waals surface area contributed by atoms with Crippen molar-refractivity contribution in [2.45, 2.75) is 11.1 Å². The van der Waals surface area contributed by atoms with Crippen molar-refractivity contribution in [1.29, 1.82) is 0 Å². The van der Waals surface area contributed by atoms with Crippen LogP contribution in [0.2, 0.25) is 10.0 Å². The number of hydrogen-bond donors (Lipinski definition) is 3. The molecule has 6 nitrogen and oxygen atoms in total. The Hall–Kier alpha value is -1.49. The highest BCUT2D eigenvalue weighted by atomic mass is 35.5. The Morgan fingerprint density at radius 2 is 1.91 bits per heavy atom. The summed E-state index contributed by atoms with van der Waals surface area (Å²) in [6.45, 7) is 0. The molecule has 3 N–H and O–H groups in total. The van der Waals surface area contributed by atoms with Gasteiger partial charge in [0.2, 0.25) is 0 Å². The number of aromatic nitrogens is 2. The molecule has 1 aromatic heterocycles. The van der Waals surface area contributed by atoms with Crippen LogP contribution in [0.3, 0.4) is 0 Å². The van der Waals surface area contributed by atoms with Crippen LogP contribution in [0.15, 0.2) is 29.3 Å². The minimum absolute atomic E-state index is 0.0819. The van der Waals surface area contributed by atoms with Gasteiger partial charge < -0.3 is 5.43 Å². The Morgan fingerprint density at radius 3 is 2.50 bits per heavy atom. The zero-order valence-electron chi connectivity index (χ0n) is 10.4. The summed E-state index contributed by atoms with van der Waals surface area (Å²) < 4.78 is 61.8. The Morgan fingerprint density at radius 1 is 1.23 bits per heavy atom. The standard InChI is InChI=1S/C10H7Cl2F3N4O2S/c11-5-1-2-7(6(12)3-5)17-19-22(20,21)8-4-16-18-9(8)10(13,14)15/h1-4,17,19H,(H,16,18). The number of H-pyrrole nitrogens is 1. The van der Waals surface area contributed by atoms with Crippen molar-refractivity contribution in [2.75, 3.05) is 5.43 Å². The van der Waals surface area contributed by atoms with Crippen molar-refractivity contribution in [3.05, 3.63) is 40.1 Å². The molecule has 0 aliphatic rings. The molecule has 120 valence electrons. The third-order valence-corrected chi connectivity index (χ3v) is 4.24. The first-order chi connectivity index (χ1) is 10.1. The molecule has 12 heteroatoms. The summed E-state index contributed by atoms with van der Waals surface area (Å²) in [6, 6.07) is 4.11. The SMILES string of the molecule is O=S(=O)(NNc1ccc(Cl)cc1Cl)c1cn[nH]c1C(F)(F)F. The van der Waals surface area contributed by atoms with Crippen molar-refractivity contribution >= 4 is 38.9 Å². The van der Waals surface area contributed by atoms with Gasteiger partial charge in [0, 0.05) is 5.02 Å². The van der Waals surface area contributed by atoms with Gasteiger partial charge in [0.05, 0.1) is 16.9 Å². The summed E-state index contributed by atoms with van der Waals surface area (Å²) in [5.74, 6) is 0.